The molecular formula is C11H13NO. The number of benzene rings is 1. The lowest BCUT2D eigenvalue weighted by Gasteiger charge is -2.14. The van der Waals surface area contributed by atoms with Crippen LogP contribution in [0.5, 0.6) is 5.75 Å². The minimum absolute atomic E-state index is 0.00764. The summed E-state index contributed by atoms with van der Waals surface area (Å²) in [4.78, 5) is 0. The highest BCUT2D eigenvalue weighted by Crippen LogP contribution is 2.51. The molecule has 1 fully saturated rings. The van der Waals surface area contributed by atoms with Gasteiger partial charge >= 0.3 is 0 Å². The van der Waals surface area contributed by atoms with Crippen molar-refractivity contribution in [2.75, 3.05) is 0 Å². The fraction of sp³-hybridized carbons (Fsp3) is 0.273. The number of hydrogen-bond acceptors (Lipinski definition) is 2. The molecule has 1 aliphatic carbocycles. The molecular weight excluding hydrogens is 162 g/mol. The Morgan fingerprint density at radius 1 is 1.31 bits per heavy atom. The quantitative estimate of drug-likeness (QED) is 0.721. The zero-order valence-electron chi connectivity index (χ0n) is 7.46. The predicted molar refractivity (Wildman–Crippen MR) is 52.3 cm³/mol. The summed E-state index contributed by atoms with van der Waals surface area (Å²) in [7, 11) is 0. The van der Waals surface area contributed by atoms with E-state index < -0.39 is 0 Å². The van der Waals surface area contributed by atoms with Crippen LogP contribution in [-0.4, -0.2) is 5.11 Å². The van der Waals surface area contributed by atoms with Crippen LogP contribution in [0.4, 0.5) is 0 Å². The normalized spacial score (nSPS) is 18.2. The van der Waals surface area contributed by atoms with Crippen molar-refractivity contribution in [3.8, 4) is 5.75 Å². The number of nitrogens with two attached hydrogens (primary N) is 1. The van der Waals surface area contributed by atoms with Crippen molar-refractivity contribution < 1.29 is 5.11 Å². The lowest BCUT2D eigenvalue weighted by atomic mass is 9.93. The molecule has 0 bridgehead atoms. The van der Waals surface area contributed by atoms with Crippen molar-refractivity contribution in [3.63, 3.8) is 0 Å². The van der Waals surface area contributed by atoms with Crippen LogP contribution in [0.25, 0.3) is 0 Å². The molecule has 0 radical (unpaired) electrons. The third kappa shape index (κ3) is 1.18. The smallest absolute Gasteiger partial charge is 0.115 e. The summed E-state index contributed by atoms with van der Waals surface area (Å²) in [5.74, 6) is 0.294. The molecule has 1 aromatic rings. The maximum absolute atomic E-state index is 9.13. The fourth-order valence-corrected chi connectivity index (χ4v) is 1.70. The first-order valence-electron chi connectivity index (χ1n) is 4.39. The van der Waals surface area contributed by atoms with Gasteiger partial charge in [0.1, 0.15) is 5.75 Å². The summed E-state index contributed by atoms with van der Waals surface area (Å²) in [5, 5.41) is 9.13. The number of rotatable bonds is 2. The second-order valence-corrected chi connectivity index (χ2v) is 3.65. The van der Waals surface area contributed by atoms with Gasteiger partial charge in [0.05, 0.1) is 0 Å². The Hall–Kier alpha value is -1.44. The highest BCUT2D eigenvalue weighted by Gasteiger charge is 2.45. The third-order valence-corrected chi connectivity index (χ3v) is 2.78. The van der Waals surface area contributed by atoms with E-state index in [0.717, 1.165) is 24.1 Å². The second-order valence-electron chi connectivity index (χ2n) is 3.65. The molecule has 0 spiro atoms. The Morgan fingerprint density at radius 3 is 2.23 bits per heavy atom. The van der Waals surface area contributed by atoms with Gasteiger partial charge in [0.2, 0.25) is 0 Å². The SMILES string of the molecule is C=C(N)C1(c2ccc(O)cc2)CC1. The molecule has 0 atom stereocenters. The number of phenolic OH excluding ortho intramolecular Hbond substituents is 1. The summed E-state index contributed by atoms with van der Waals surface area (Å²) in [6.07, 6.45) is 2.15. The van der Waals surface area contributed by atoms with Gasteiger partial charge in [-0.15, -0.1) is 0 Å². The molecule has 0 amide bonds. The Labute approximate surface area is 77.7 Å². The largest absolute Gasteiger partial charge is 0.508 e. The predicted octanol–water partition coefficient (Wildman–Crippen LogP) is 1.90. The topological polar surface area (TPSA) is 46.2 Å². The molecule has 13 heavy (non-hydrogen) atoms. The molecule has 0 aliphatic heterocycles. The van der Waals surface area contributed by atoms with Gasteiger partial charge in [-0.2, -0.15) is 0 Å². The molecule has 68 valence electrons. The maximum Gasteiger partial charge on any atom is 0.115 e. The Morgan fingerprint density at radius 2 is 1.85 bits per heavy atom. The zero-order valence-corrected chi connectivity index (χ0v) is 7.46. The van der Waals surface area contributed by atoms with Crippen LogP contribution >= 0.6 is 0 Å². The summed E-state index contributed by atoms with van der Waals surface area (Å²) in [6.45, 7) is 3.80. The first-order chi connectivity index (χ1) is 6.15. The van der Waals surface area contributed by atoms with Crippen LogP contribution in [0, 0.1) is 0 Å². The standard InChI is InChI=1S/C11H13NO/c1-8(12)11(6-7-11)9-2-4-10(13)5-3-9/h2-5,13H,1,6-7,12H2. The first-order valence-corrected chi connectivity index (χ1v) is 4.39. The van der Waals surface area contributed by atoms with Gasteiger partial charge in [-0.05, 0) is 30.5 Å². The lowest BCUT2D eigenvalue weighted by Crippen LogP contribution is -2.15. The van der Waals surface area contributed by atoms with E-state index in [2.05, 4.69) is 6.58 Å². The van der Waals surface area contributed by atoms with Gasteiger partial charge in [0.25, 0.3) is 0 Å². The van der Waals surface area contributed by atoms with Crippen molar-refractivity contribution in [2.24, 2.45) is 5.73 Å². The third-order valence-electron chi connectivity index (χ3n) is 2.78. The van der Waals surface area contributed by atoms with Crippen molar-refractivity contribution in [2.45, 2.75) is 18.3 Å². The average Bonchev–Trinajstić information content (AvgIpc) is 2.86. The van der Waals surface area contributed by atoms with E-state index in [9.17, 15) is 0 Å². The van der Waals surface area contributed by atoms with E-state index in [-0.39, 0.29) is 5.41 Å². The van der Waals surface area contributed by atoms with E-state index in [1.807, 2.05) is 12.1 Å². The average molecular weight is 175 g/mol. The minimum atomic E-state index is 0.00764. The summed E-state index contributed by atoms with van der Waals surface area (Å²) < 4.78 is 0. The molecule has 0 unspecified atom stereocenters. The van der Waals surface area contributed by atoms with Gasteiger partial charge in [-0.3, -0.25) is 0 Å². The van der Waals surface area contributed by atoms with Crippen molar-refractivity contribution in [1.29, 1.82) is 0 Å². The highest BCUT2D eigenvalue weighted by molar-refractivity contribution is 5.42. The van der Waals surface area contributed by atoms with Gasteiger partial charge < -0.3 is 10.8 Å². The molecule has 0 saturated heterocycles. The van der Waals surface area contributed by atoms with Crippen molar-refractivity contribution >= 4 is 0 Å². The second kappa shape index (κ2) is 2.52. The number of allylic oxidation sites excluding steroid dienone is 1. The van der Waals surface area contributed by atoms with Gasteiger partial charge in [-0.1, -0.05) is 18.7 Å². The molecule has 2 nitrogen and oxygen atoms in total. The van der Waals surface area contributed by atoms with Crippen LogP contribution < -0.4 is 5.73 Å². The molecule has 1 aliphatic rings. The molecule has 2 heteroatoms. The van der Waals surface area contributed by atoms with Crippen LogP contribution in [0.15, 0.2) is 36.5 Å². The molecule has 1 aromatic carbocycles. The van der Waals surface area contributed by atoms with Crippen LogP contribution in [0.3, 0.4) is 0 Å². The van der Waals surface area contributed by atoms with E-state index >= 15 is 0 Å². The van der Waals surface area contributed by atoms with E-state index in [0.29, 0.717) is 5.75 Å². The molecule has 3 N–H and O–H groups in total. The van der Waals surface area contributed by atoms with Gasteiger partial charge in [0.15, 0.2) is 0 Å². The Bertz CT molecular complexity index is 336. The number of hydrogen-bond donors (Lipinski definition) is 2. The summed E-state index contributed by atoms with van der Waals surface area (Å²) in [6, 6.07) is 7.22. The summed E-state index contributed by atoms with van der Waals surface area (Å²) >= 11 is 0. The zero-order chi connectivity index (χ0) is 9.47. The van der Waals surface area contributed by atoms with Crippen molar-refractivity contribution in [1.82, 2.24) is 0 Å². The van der Waals surface area contributed by atoms with E-state index in [4.69, 9.17) is 10.8 Å². The molecule has 1 saturated carbocycles. The Balaban J connectivity index is 2.36. The number of aromatic hydroxyl groups is 1. The first kappa shape index (κ1) is 8.17. The lowest BCUT2D eigenvalue weighted by molar-refractivity contribution is 0.475. The summed E-state index contributed by atoms with van der Waals surface area (Å²) in [5.41, 5.74) is 7.65. The van der Waals surface area contributed by atoms with E-state index in [1.165, 1.54) is 0 Å². The van der Waals surface area contributed by atoms with Gasteiger partial charge in [0, 0.05) is 11.1 Å². The highest BCUT2D eigenvalue weighted by atomic mass is 16.3. The molecule has 0 aromatic heterocycles. The Kier molecular flexibility index (Phi) is 1.59. The maximum atomic E-state index is 9.13. The minimum Gasteiger partial charge on any atom is -0.508 e. The van der Waals surface area contributed by atoms with Crippen molar-refractivity contribution in [3.05, 3.63) is 42.1 Å². The van der Waals surface area contributed by atoms with Gasteiger partial charge in [-0.25, -0.2) is 0 Å². The number of phenols is 1. The monoisotopic (exact) mass is 175 g/mol. The fourth-order valence-electron chi connectivity index (χ4n) is 1.70. The van der Waals surface area contributed by atoms with Crippen LogP contribution in [0.2, 0.25) is 0 Å². The van der Waals surface area contributed by atoms with E-state index in [1.54, 1.807) is 12.1 Å². The molecule has 2 rings (SSSR count). The van der Waals surface area contributed by atoms with Crippen LogP contribution in [-0.2, 0) is 5.41 Å². The van der Waals surface area contributed by atoms with Crippen LogP contribution in [0.1, 0.15) is 18.4 Å². The molecule has 0 heterocycles.